The van der Waals surface area contributed by atoms with Crippen LogP contribution in [0.1, 0.15) is 117 Å². The summed E-state index contributed by atoms with van der Waals surface area (Å²) >= 11 is 0.890. The number of pyridine rings is 3. The van der Waals surface area contributed by atoms with Gasteiger partial charge in [-0.3, -0.25) is 34.1 Å². The van der Waals surface area contributed by atoms with Gasteiger partial charge in [-0.05, 0) is 95.6 Å². The minimum atomic E-state index is -2.24. The van der Waals surface area contributed by atoms with E-state index in [1.807, 2.05) is 6.92 Å². The molecule has 3 heterocycles. The summed E-state index contributed by atoms with van der Waals surface area (Å²) in [5, 5.41) is 16.2. The Morgan fingerprint density at radius 1 is 0.444 bits per heavy atom. The molecule has 9 aromatic rings. The molecule has 99 heavy (non-hydrogen) atoms. The number of anilines is 3. The van der Waals surface area contributed by atoms with Gasteiger partial charge in [0.05, 0.1) is 42.3 Å². The van der Waals surface area contributed by atoms with Crippen LogP contribution in [0.15, 0.2) is 259 Å². The zero-order chi connectivity index (χ0) is 71.8. The number of nitrogens with zero attached hydrogens (tertiary/aromatic N) is 3. The Bertz CT molecular complexity index is 3390. The second kappa shape index (κ2) is 53.5. The van der Waals surface area contributed by atoms with E-state index in [1.54, 1.807) is 43.0 Å². The number of hydrogen-bond donors (Lipinski definition) is 3. The van der Waals surface area contributed by atoms with Gasteiger partial charge in [0.25, 0.3) is 0 Å². The maximum Gasteiger partial charge on any atom is -0.0134 e. The molecule has 0 spiro atoms. The van der Waals surface area contributed by atoms with E-state index >= 15 is 0 Å². The zero-order valence-electron chi connectivity index (χ0n) is 58.3. The monoisotopic (exact) mass is 1700 g/mol. The summed E-state index contributed by atoms with van der Waals surface area (Å²) in [4.78, 5) is 54.7. The number of aromatic nitrogens is 3. The molecule has 6 aromatic carbocycles. The second-order valence-electron chi connectivity index (χ2n) is 21.9. The van der Waals surface area contributed by atoms with E-state index in [2.05, 4.69) is 270 Å². The number of halogens is 4. The molecule has 0 radical (unpaired) electrons. The van der Waals surface area contributed by atoms with Crippen molar-refractivity contribution in [2.24, 2.45) is 0 Å². The first kappa shape index (κ1) is 88.7. The third-order valence-electron chi connectivity index (χ3n) is 14.2. The Morgan fingerprint density at radius 3 is 0.980 bits per heavy atom. The maximum absolute atomic E-state index is 10.9. The Hall–Kier alpha value is -6.40. The van der Waals surface area contributed by atoms with Gasteiger partial charge in [-0.2, -0.15) is 0 Å². The molecule has 0 unspecified atom stereocenters. The van der Waals surface area contributed by atoms with Gasteiger partial charge in [0.15, 0.2) is 5.78 Å². The van der Waals surface area contributed by atoms with E-state index in [-0.39, 0.29) is 51.9 Å². The molecule has 3 amide bonds. The maximum atomic E-state index is 10.9. The topological polar surface area (TPSA) is 162 Å². The van der Waals surface area contributed by atoms with Crippen LogP contribution in [-0.2, 0) is 39.8 Å². The van der Waals surface area contributed by atoms with Crippen LogP contribution >= 0.6 is 63.2 Å². The SMILES string of the molecule is C=C(OCC)c1cncc(NC(C)=O)c1.C=[C](OCC)[Sn]([CH2]CCC)([CH2]CCC)[CH2]CCC.CC(=O)Nc1cncc(Br)c1.CC(=O)Nc1cncc(C(C)=O)c1.Cl.[Cl][Pd][Cl].c1ccc(P(c2ccccc2)c2ccccc2)cc1.c1ccc(P(c2ccccc2)c2ccccc2)cc1. The fourth-order valence-corrected chi connectivity index (χ4v) is 29.3. The predicted molar refractivity (Wildman–Crippen MR) is 429 cm³/mol. The molecule has 9 rings (SSSR count). The number of nitrogens with one attached hydrogen (secondary N) is 3. The normalized spacial score (nSPS) is 10.1. The molecule has 0 fully saturated rings. The average molecular weight is 1700 g/mol. The summed E-state index contributed by atoms with van der Waals surface area (Å²) in [7, 11) is 8.74. The van der Waals surface area contributed by atoms with E-state index in [0.717, 1.165) is 16.6 Å². The van der Waals surface area contributed by atoms with Gasteiger partial charge in [0.1, 0.15) is 5.76 Å². The van der Waals surface area contributed by atoms with Crippen LogP contribution in [0.25, 0.3) is 5.76 Å². The summed E-state index contributed by atoms with van der Waals surface area (Å²) in [6.07, 6.45) is 17.5. The number of benzene rings is 6. The van der Waals surface area contributed by atoms with Crippen molar-refractivity contribution in [1.82, 2.24) is 15.0 Å². The number of ketones is 1. The number of amides is 3. The molecule has 0 atom stereocenters. The van der Waals surface area contributed by atoms with Gasteiger partial charge in [-0.15, -0.1) is 12.4 Å². The zero-order valence-corrected chi connectivity index (χ0v) is 68.4. The molecule has 530 valence electrons. The molecule has 0 bridgehead atoms. The average Bonchev–Trinajstić information content (AvgIpc) is 0.839. The van der Waals surface area contributed by atoms with Crippen molar-refractivity contribution in [2.45, 2.75) is 114 Å². The van der Waals surface area contributed by atoms with Crippen molar-refractivity contribution < 1.29 is 44.6 Å². The minimum Gasteiger partial charge on any atom is -0.0622 e. The van der Waals surface area contributed by atoms with E-state index in [9.17, 15) is 19.2 Å². The first-order valence-electron chi connectivity index (χ1n) is 32.6. The number of Topliss-reactive ketones (excluding diaryl/α,β-unsaturated/α-hetero) is 1. The fraction of sp³-hybridized carbons (Fsp3) is 0.253. The van der Waals surface area contributed by atoms with E-state index in [0.29, 0.717) is 35.0 Å². The standard InChI is InChI=1S/2C18H15P.C11H14N2O2.C9H10N2O2.C7H7BrN2O.C4H7O.3C4H9.3ClH.Pd.Sn/c2*1-4-10-16(11-5-1)19(17-12-6-2-7-13-17)18-14-8-3-9-15-18;1-4-15-8(2)10-5-11(7-12-6-10)13-9(3)14;1-6(12)8-3-9(5-10-4-8)11-7(2)13;1-5(11)10-7-2-6(8)3-9-4-7;1-3-5-4-2;3*1-3-4-2;;;;;/h2*1-15H;5-7H,2,4H2,1,3H3,(H,13,14);3-5H,1-2H3,(H,11,13);2-4H,1H3,(H,10,11);1,4H2,2H3;3*1,3-4H2,2H3;3*1H;;/q;;;;;;;;;;;;+2;/p-2. The van der Waals surface area contributed by atoms with Gasteiger partial charge in [0, 0.05) is 55.0 Å². The largest absolute Gasteiger partial charge is 0.0622 e. The number of carbonyl (C=O) groups excluding carboxylic acids is 4. The molecule has 0 saturated carbocycles. The Kier molecular flexibility index (Phi) is 47.9. The van der Waals surface area contributed by atoms with Crippen LogP contribution in [0, 0.1) is 0 Å². The number of unbranched alkanes of at least 4 members (excludes halogenated alkanes) is 3. The van der Waals surface area contributed by atoms with Crippen molar-refractivity contribution in [2.75, 3.05) is 29.2 Å². The molecule has 0 aliphatic rings. The predicted octanol–water partition coefficient (Wildman–Crippen LogP) is 19.7. The van der Waals surface area contributed by atoms with Gasteiger partial charge in [-0.25, -0.2) is 0 Å². The third-order valence-corrected chi connectivity index (χ3v) is 34.5. The summed E-state index contributed by atoms with van der Waals surface area (Å²) < 4.78 is 17.6. The quantitative estimate of drug-likeness (QED) is 0.0219. The molecule has 3 N–H and O–H groups in total. The van der Waals surface area contributed by atoms with E-state index in [4.69, 9.17) is 28.5 Å². The van der Waals surface area contributed by atoms with Crippen LogP contribution in [-0.4, -0.2) is 70.0 Å². The van der Waals surface area contributed by atoms with Crippen molar-refractivity contribution in [3.05, 3.63) is 270 Å². The van der Waals surface area contributed by atoms with Crippen LogP contribution in [0.3, 0.4) is 0 Å². The summed E-state index contributed by atoms with van der Waals surface area (Å²) in [6.45, 7) is 26.1. The van der Waals surface area contributed by atoms with Gasteiger partial charge >= 0.3 is 155 Å². The smallest absolute Gasteiger partial charge is 0.0134 e. The Morgan fingerprint density at radius 2 is 0.717 bits per heavy atom. The second-order valence-corrected chi connectivity index (χ2v) is 42.8. The van der Waals surface area contributed by atoms with Gasteiger partial charge in [-0.1, -0.05) is 189 Å². The first-order chi connectivity index (χ1) is 47.4. The molecular formula is C79H96BrCl3N6O6P2PdSn. The molecular weight excluding hydrogens is 1600 g/mol. The number of hydrogen-bond acceptors (Lipinski definition) is 9. The van der Waals surface area contributed by atoms with Gasteiger partial charge in [0.2, 0.25) is 17.7 Å². The van der Waals surface area contributed by atoms with Gasteiger partial charge < -0.3 is 20.7 Å². The fourth-order valence-electron chi connectivity index (χ4n) is 9.73. The Labute approximate surface area is 626 Å². The van der Waals surface area contributed by atoms with E-state index < -0.39 is 34.2 Å². The summed E-state index contributed by atoms with van der Waals surface area (Å²) in [5.41, 5.74) is 3.14. The van der Waals surface area contributed by atoms with Crippen molar-refractivity contribution >= 4 is 160 Å². The van der Waals surface area contributed by atoms with Crippen LogP contribution < -0.4 is 47.8 Å². The number of ether oxygens (including phenoxy) is 2. The molecule has 0 saturated heterocycles. The summed E-state index contributed by atoms with van der Waals surface area (Å²) in [6, 6.07) is 69.8. The Balaban J connectivity index is 0.000000403. The van der Waals surface area contributed by atoms with Crippen molar-refractivity contribution in [3.63, 3.8) is 0 Å². The van der Waals surface area contributed by atoms with Crippen molar-refractivity contribution in [3.8, 4) is 0 Å². The minimum absolute atomic E-state index is 0. The summed E-state index contributed by atoms with van der Waals surface area (Å²) in [5.74, 6) is 0.0836. The molecule has 20 heteroatoms. The molecule has 12 nitrogen and oxygen atoms in total. The molecule has 0 aliphatic carbocycles. The van der Waals surface area contributed by atoms with Crippen LogP contribution in [0.4, 0.5) is 17.1 Å². The van der Waals surface area contributed by atoms with Crippen LogP contribution in [0.2, 0.25) is 13.3 Å². The third kappa shape index (κ3) is 36.2. The molecule has 3 aromatic heterocycles. The van der Waals surface area contributed by atoms with Crippen LogP contribution in [0.5, 0.6) is 0 Å². The van der Waals surface area contributed by atoms with Crippen molar-refractivity contribution in [1.29, 1.82) is 0 Å². The van der Waals surface area contributed by atoms with E-state index in [1.165, 1.54) is 128 Å². The number of carbonyl (C=O) groups is 4. The molecule has 0 aliphatic heterocycles. The first-order valence-corrected chi connectivity index (χ1v) is 47.6. The number of rotatable bonds is 25.